The molecule has 0 radical (unpaired) electrons. The van der Waals surface area contributed by atoms with Crippen LogP contribution in [0.25, 0.3) is 0 Å². The van der Waals surface area contributed by atoms with Crippen molar-refractivity contribution in [2.45, 2.75) is 32.5 Å². The molecular weight excluding hydrogens is 306 g/mol. The lowest BCUT2D eigenvalue weighted by molar-refractivity contribution is -0.915. The molecule has 5 nitrogen and oxygen atoms in total. The van der Waals surface area contributed by atoms with Crippen molar-refractivity contribution >= 4 is 0 Å². The number of piperidine rings is 1. The number of likely N-dealkylation sites (tertiary alicyclic amines) is 1. The van der Waals surface area contributed by atoms with E-state index < -0.39 is 6.10 Å². The van der Waals surface area contributed by atoms with Crippen molar-refractivity contribution in [3.05, 3.63) is 24.3 Å². The Morgan fingerprint density at radius 2 is 1.92 bits per heavy atom. The predicted molar refractivity (Wildman–Crippen MR) is 91.7 cm³/mol. The maximum atomic E-state index is 10.2. The van der Waals surface area contributed by atoms with Gasteiger partial charge < -0.3 is 24.2 Å². The van der Waals surface area contributed by atoms with Gasteiger partial charge in [0.2, 0.25) is 0 Å². The number of benzene rings is 1. The van der Waals surface area contributed by atoms with Crippen LogP contribution in [0.3, 0.4) is 0 Å². The highest BCUT2D eigenvalue weighted by atomic mass is 16.6. The quantitative estimate of drug-likeness (QED) is 0.806. The third-order valence-electron chi connectivity index (χ3n) is 4.78. The van der Waals surface area contributed by atoms with Crippen LogP contribution in [0, 0.1) is 11.8 Å². The number of rotatable bonds is 6. The van der Waals surface area contributed by atoms with E-state index in [0.29, 0.717) is 19.8 Å². The van der Waals surface area contributed by atoms with Gasteiger partial charge in [-0.2, -0.15) is 0 Å². The van der Waals surface area contributed by atoms with Gasteiger partial charge in [-0.25, -0.2) is 0 Å². The van der Waals surface area contributed by atoms with Crippen LogP contribution in [0.2, 0.25) is 0 Å². The number of aliphatic hydroxyl groups is 1. The van der Waals surface area contributed by atoms with Crippen molar-refractivity contribution in [1.82, 2.24) is 0 Å². The highest BCUT2D eigenvalue weighted by Crippen LogP contribution is 2.30. The minimum Gasteiger partial charge on any atom is -0.486 e. The van der Waals surface area contributed by atoms with Crippen LogP contribution < -0.4 is 14.4 Å². The van der Waals surface area contributed by atoms with Gasteiger partial charge in [-0.3, -0.25) is 0 Å². The summed E-state index contributed by atoms with van der Waals surface area (Å²) in [4.78, 5) is 1.49. The first kappa shape index (κ1) is 17.5. The third kappa shape index (κ3) is 4.85. The summed E-state index contributed by atoms with van der Waals surface area (Å²) in [7, 11) is 0. The van der Waals surface area contributed by atoms with Crippen LogP contribution in [-0.2, 0) is 4.74 Å². The van der Waals surface area contributed by atoms with Crippen LogP contribution in [-0.4, -0.2) is 56.8 Å². The molecule has 0 bridgehead atoms. The molecule has 2 aliphatic heterocycles. The summed E-state index contributed by atoms with van der Waals surface area (Å²) in [5.74, 6) is 3.03. The Morgan fingerprint density at radius 1 is 1.21 bits per heavy atom. The Hall–Kier alpha value is -1.30. The molecule has 2 heterocycles. The molecule has 5 heteroatoms. The van der Waals surface area contributed by atoms with E-state index in [1.807, 2.05) is 24.3 Å². The van der Waals surface area contributed by atoms with E-state index in [1.165, 1.54) is 11.3 Å². The van der Waals surface area contributed by atoms with E-state index in [1.54, 1.807) is 0 Å². The molecular formula is C19H30NO4+. The molecule has 0 aliphatic carbocycles. The topological polar surface area (TPSA) is 52.4 Å². The summed E-state index contributed by atoms with van der Waals surface area (Å²) in [6, 6.07) is 7.66. The van der Waals surface area contributed by atoms with Crippen molar-refractivity contribution in [2.24, 2.45) is 11.8 Å². The fourth-order valence-electron chi connectivity index (χ4n) is 3.96. The number of hydrogen-bond acceptors (Lipinski definition) is 4. The molecule has 0 spiro atoms. The lowest BCUT2D eigenvalue weighted by Gasteiger charge is -2.33. The zero-order valence-electron chi connectivity index (χ0n) is 14.7. The summed E-state index contributed by atoms with van der Waals surface area (Å²) < 4.78 is 17.2. The minimum absolute atomic E-state index is 0.116. The molecule has 0 saturated carbocycles. The zero-order chi connectivity index (χ0) is 16.9. The van der Waals surface area contributed by atoms with Crippen LogP contribution >= 0.6 is 0 Å². The second-order valence-electron chi connectivity index (χ2n) is 7.50. The number of fused-ring (bicyclic) bond motifs is 1. The second-order valence-corrected chi connectivity index (χ2v) is 7.50. The Balaban J connectivity index is 1.36. The molecule has 134 valence electrons. The summed E-state index contributed by atoms with van der Waals surface area (Å²) in [5, 5.41) is 10.2. The number of aliphatic hydroxyl groups excluding tert-OH is 1. The molecule has 1 unspecified atom stereocenters. The van der Waals surface area contributed by atoms with Gasteiger partial charge in [-0.05, 0) is 18.6 Å². The van der Waals surface area contributed by atoms with E-state index in [0.717, 1.165) is 43.0 Å². The van der Waals surface area contributed by atoms with Crippen molar-refractivity contribution < 1.29 is 24.2 Å². The van der Waals surface area contributed by atoms with Gasteiger partial charge >= 0.3 is 0 Å². The molecule has 2 N–H and O–H groups in total. The monoisotopic (exact) mass is 336 g/mol. The van der Waals surface area contributed by atoms with Crippen LogP contribution in [0.5, 0.6) is 11.5 Å². The number of para-hydroxylation sites is 2. The van der Waals surface area contributed by atoms with E-state index >= 15 is 0 Å². The van der Waals surface area contributed by atoms with Gasteiger partial charge in [-0.1, -0.05) is 26.0 Å². The van der Waals surface area contributed by atoms with E-state index in [9.17, 15) is 5.11 Å². The van der Waals surface area contributed by atoms with Crippen LogP contribution in [0.15, 0.2) is 24.3 Å². The van der Waals surface area contributed by atoms with Gasteiger partial charge in [0.05, 0.1) is 26.3 Å². The van der Waals surface area contributed by atoms with E-state index in [-0.39, 0.29) is 6.10 Å². The first-order valence-corrected chi connectivity index (χ1v) is 9.08. The highest BCUT2D eigenvalue weighted by Gasteiger charge is 2.27. The number of hydrogen-bond donors (Lipinski definition) is 2. The van der Waals surface area contributed by atoms with Gasteiger partial charge in [0.25, 0.3) is 0 Å². The highest BCUT2D eigenvalue weighted by molar-refractivity contribution is 5.40. The molecule has 0 amide bonds. The molecule has 24 heavy (non-hydrogen) atoms. The Bertz CT molecular complexity index is 514. The van der Waals surface area contributed by atoms with Gasteiger partial charge in [-0.15, -0.1) is 0 Å². The first-order chi connectivity index (χ1) is 11.6. The smallest absolute Gasteiger partial charge is 0.161 e. The number of ether oxygens (including phenoxy) is 3. The Morgan fingerprint density at radius 3 is 2.67 bits per heavy atom. The summed E-state index contributed by atoms with van der Waals surface area (Å²) in [6.07, 6.45) is 0.764. The van der Waals surface area contributed by atoms with Crippen molar-refractivity contribution in [3.63, 3.8) is 0 Å². The van der Waals surface area contributed by atoms with Crippen LogP contribution in [0.1, 0.15) is 20.3 Å². The zero-order valence-corrected chi connectivity index (χ0v) is 14.7. The normalized spacial score (nSPS) is 30.8. The first-order valence-electron chi connectivity index (χ1n) is 9.08. The lowest BCUT2D eigenvalue weighted by Crippen LogP contribution is -3.15. The van der Waals surface area contributed by atoms with Crippen LogP contribution in [0.4, 0.5) is 0 Å². The van der Waals surface area contributed by atoms with Gasteiger partial charge in [0.1, 0.15) is 19.3 Å². The second kappa shape index (κ2) is 8.19. The average molecular weight is 336 g/mol. The maximum absolute atomic E-state index is 10.2. The molecule has 5 atom stereocenters. The summed E-state index contributed by atoms with van der Waals surface area (Å²) in [5.41, 5.74) is 0. The predicted octanol–water partition coefficient (Wildman–Crippen LogP) is 0.765. The van der Waals surface area contributed by atoms with E-state index in [2.05, 4.69) is 13.8 Å². The van der Waals surface area contributed by atoms with Gasteiger partial charge in [0.15, 0.2) is 17.6 Å². The lowest BCUT2D eigenvalue weighted by atomic mass is 9.92. The molecule has 3 rings (SSSR count). The Kier molecular flexibility index (Phi) is 5.98. The summed E-state index contributed by atoms with van der Waals surface area (Å²) in [6.45, 7) is 8.95. The SMILES string of the molecule is C[C@@H]1C[C@H](C)C[NH+](C[C@H](O)COC[C@@H]2COc3ccccc3O2)C1. The maximum Gasteiger partial charge on any atom is 0.161 e. The molecule has 1 aromatic carbocycles. The standard InChI is InChI=1S/C19H29NO4/c1-14-7-15(2)9-20(8-14)10-16(21)11-22-12-17-13-23-18-5-3-4-6-19(18)24-17/h3-6,14-17,21H,7-13H2,1-2H3/p+1/t14-,15+,16-,17+/m0/s1. The fraction of sp³-hybridized carbons (Fsp3) is 0.684. The minimum atomic E-state index is -0.422. The third-order valence-corrected chi connectivity index (χ3v) is 4.78. The summed E-state index contributed by atoms with van der Waals surface area (Å²) >= 11 is 0. The molecule has 1 fully saturated rings. The fourth-order valence-corrected chi connectivity index (χ4v) is 3.96. The largest absolute Gasteiger partial charge is 0.486 e. The molecule has 1 aromatic rings. The van der Waals surface area contributed by atoms with E-state index in [4.69, 9.17) is 14.2 Å². The molecule has 0 aromatic heterocycles. The number of quaternary nitrogens is 1. The number of nitrogens with one attached hydrogen (secondary N) is 1. The average Bonchev–Trinajstić information content (AvgIpc) is 2.53. The molecule has 1 saturated heterocycles. The molecule has 2 aliphatic rings. The van der Waals surface area contributed by atoms with Crippen molar-refractivity contribution in [1.29, 1.82) is 0 Å². The van der Waals surface area contributed by atoms with Gasteiger partial charge in [0, 0.05) is 11.8 Å². The Labute approximate surface area is 144 Å². The van der Waals surface area contributed by atoms with Crippen molar-refractivity contribution in [3.8, 4) is 11.5 Å². The van der Waals surface area contributed by atoms with Crippen molar-refractivity contribution in [2.75, 3.05) is 39.5 Å².